The van der Waals surface area contributed by atoms with Crippen molar-refractivity contribution in [3.63, 3.8) is 0 Å². The molecule has 0 atom stereocenters. The number of halogens is 1. The molecule has 0 aromatic heterocycles. The zero-order valence-corrected chi connectivity index (χ0v) is 10.5. The molecule has 3 heteroatoms. The van der Waals surface area contributed by atoms with E-state index in [9.17, 15) is 9.90 Å². The van der Waals surface area contributed by atoms with E-state index >= 15 is 0 Å². The molecule has 2 aromatic carbocycles. The van der Waals surface area contributed by atoms with Gasteiger partial charge in [0.25, 0.3) is 0 Å². The van der Waals surface area contributed by atoms with Crippen LogP contribution in [0.5, 0.6) is 0 Å². The van der Waals surface area contributed by atoms with E-state index in [4.69, 9.17) is 11.6 Å². The number of aliphatic carboxylic acids is 1. The third kappa shape index (κ3) is 2.13. The highest BCUT2D eigenvalue weighted by Crippen LogP contribution is 2.28. The summed E-state index contributed by atoms with van der Waals surface area (Å²) in [5.41, 5.74) is -0.115. The lowest BCUT2D eigenvalue weighted by Crippen LogP contribution is -2.28. The zero-order valence-electron chi connectivity index (χ0n) is 9.70. The van der Waals surface area contributed by atoms with E-state index in [-0.39, 0.29) is 0 Å². The predicted molar refractivity (Wildman–Crippen MR) is 69.6 cm³/mol. The number of carboxylic acid groups (broad SMARTS) is 1. The average Bonchev–Trinajstić information content (AvgIpc) is 2.27. The van der Waals surface area contributed by atoms with Gasteiger partial charge in [-0.05, 0) is 48.4 Å². The van der Waals surface area contributed by atoms with Gasteiger partial charge in [-0.1, -0.05) is 29.8 Å². The van der Waals surface area contributed by atoms with Crippen LogP contribution in [0, 0.1) is 0 Å². The van der Waals surface area contributed by atoms with Crippen molar-refractivity contribution in [3.05, 3.63) is 47.0 Å². The monoisotopic (exact) mass is 248 g/mol. The number of benzene rings is 2. The first-order valence-electron chi connectivity index (χ1n) is 5.34. The molecule has 2 rings (SSSR count). The lowest BCUT2D eigenvalue weighted by Gasteiger charge is -2.20. The molecular weight excluding hydrogens is 236 g/mol. The van der Waals surface area contributed by atoms with Gasteiger partial charge in [-0.3, -0.25) is 4.79 Å². The standard InChI is InChI=1S/C14H13ClO2/c1-14(2,13(16)17)11-5-3-9-4-6-12(15)8-10(9)7-11/h3-8H,1-2H3,(H,16,17). The van der Waals surface area contributed by atoms with Crippen molar-refractivity contribution in [1.29, 1.82) is 0 Å². The fourth-order valence-electron chi connectivity index (χ4n) is 1.73. The Bertz CT molecular complexity index is 588. The van der Waals surface area contributed by atoms with Crippen molar-refractivity contribution in [3.8, 4) is 0 Å². The van der Waals surface area contributed by atoms with Crippen LogP contribution >= 0.6 is 11.6 Å². The van der Waals surface area contributed by atoms with Gasteiger partial charge in [-0.2, -0.15) is 0 Å². The van der Waals surface area contributed by atoms with Crippen LogP contribution in [0.1, 0.15) is 19.4 Å². The second-order valence-corrected chi connectivity index (χ2v) is 5.07. The van der Waals surface area contributed by atoms with E-state index in [0.29, 0.717) is 5.02 Å². The van der Waals surface area contributed by atoms with E-state index < -0.39 is 11.4 Å². The molecule has 0 fully saturated rings. The number of hydrogen-bond donors (Lipinski definition) is 1. The minimum atomic E-state index is -0.892. The van der Waals surface area contributed by atoms with Crippen LogP contribution in [0.25, 0.3) is 10.8 Å². The molecule has 0 unspecified atom stereocenters. The van der Waals surface area contributed by atoms with E-state index in [2.05, 4.69) is 0 Å². The third-order valence-electron chi connectivity index (χ3n) is 3.06. The van der Waals surface area contributed by atoms with E-state index in [1.807, 2.05) is 36.4 Å². The lowest BCUT2D eigenvalue weighted by atomic mass is 9.84. The summed E-state index contributed by atoms with van der Waals surface area (Å²) in [6.45, 7) is 3.39. The van der Waals surface area contributed by atoms with E-state index in [1.165, 1.54) is 0 Å². The Balaban J connectivity index is 2.62. The summed E-state index contributed by atoms with van der Waals surface area (Å²) in [5, 5.41) is 11.9. The van der Waals surface area contributed by atoms with Crippen LogP contribution in [0.4, 0.5) is 0 Å². The Labute approximate surface area is 105 Å². The number of fused-ring (bicyclic) bond motifs is 1. The molecule has 0 aliphatic rings. The summed E-state index contributed by atoms with van der Waals surface area (Å²) in [4.78, 5) is 11.2. The van der Waals surface area contributed by atoms with Crippen LogP contribution in [-0.4, -0.2) is 11.1 Å². The van der Waals surface area contributed by atoms with Crippen LogP contribution in [-0.2, 0) is 10.2 Å². The van der Waals surface area contributed by atoms with Crippen molar-refractivity contribution >= 4 is 28.3 Å². The van der Waals surface area contributed by atoms with E-state index in [0.717, 1.165) is 16.3 Å². The van der Waals surface area contributed by atoms with Gasteiger partial charge in [0.15, 0.2) is 0 Å². The van der Waals surface area contributed by atoms with Crippen molar-refractivity contribution in [2.24, 2.45) is 0 Å². The predicted octanol–water partition coefficient (Wildman–Crippen LogP) is 3.86. The van der Waals surface area contributed by atoms with Gasteiger partial charge in [0.2, 0.25) is 0 Å². The second kappa shape index (κ2) is 4.04. The number of carboxylic acids is 1. The highest BCUT2D eigenvalue weighted by atomic mass is 35.5. The topological polar surface area (TPSA) is 37.3 Å². The minimum Gasteiger partial charge on any atom is -0.481 e. The van der Waals surface area contributed by atoms with Crippen LogP contribution in [0.3, 0.4) is 0 Å². The summed E-state index contributed by atoms with van der Waals surface area (Å²) >= 11 is 5.93. The van der Waals surface area contributed by atoms with Crippen molar-refractivity contribution in [2.45, 2.75) is 19.3 Å². The number of hydrogen-bond acceptors (Lipinski definition) is 1. The first-order valence-corrected chi connectivity index (χ1v) is 5.72. The molecule has 0 saturated heterocycles. The molecule has 0 amide bonds. The molecule has 1 N–H and O–H groups in total. The molecule has 2 aromatic rings. The Morgan fingerprint density at radius 3 is 2.41 bits per heavy atom. The fourth-order valence-corrected chi connectivity index (χ4v) is 1.91. The van der Waals surface area contributed by atoms with Gasteiger partial charge in [0.1, 0.15) is 0 Å². The smallest absolute Gasteiger partial charge is 0.313 e. The summed E-state index contributed by atoms with van der Waals surface area (Å²) in [6.07, 6.45) is 0. The Morgan fingerprint density at radius 2 is 1.76 bits per heavy atom. The van der Waals surface area contributed by atoms with Crippen LogP contribution in [0.15, 0.2) is 36.4 Å². The third-order valence-corrected chi connectivity index (χ3v) is 3.29. The Hall–Kier alpha value is -1.54. The van der Waals surface area contributed by atoms with E-state index in [1.54, 1.807) is 13.8 Å². The fraction of sp³-hybridized carbons (Fsp3) is 0.214. The normalized spacial score (nSPS) is 11.7. The second-order valence-electron chi connectivity index (χ2n) is 4.64. The molecule has 0 bridgehead atoms. The van der Waals surface area contributed by atoms with Crippen molar-refractivity contribution < 1.29 is 9.90 Å². The van der Waals surface area contributed by atoms with Gasteiger partial charge >= 0.3 is 5.97 Å². The summed E-state index contributed by atoms with van der Waals surface area (Å²) in [7, 11) is 0. The maximum atomic E-state index is 11.2. The first kappa shape index (κ1) is 11.9. The van der Waals surface area contributed by atoms with Gasteiger partial charge in [0.05, 0.1) is 5.41 Å². The van der Waals surface area contributed by atoms with Crippen LogP contribution in [0.2, 0.25) is 5.02 Å². The SMILES string of the molecule is CC(C)(C(=O)O)c1ccc2ccc(Cl)cc2c1. The maximum Gasteiger partial charge on any atom is 0.313 e. The average molecular weight is 249 g/mol. The quantitative estimate of drug-likeness (QED) is 0.876. The largest absolute Gasteiger partial charge is 0.481 e. The maximum absolute atomic E-state index is 11.2. The molecular formula is C14H13ClO2. The minimum absolute atomic E-state index is 0.655. The van der Waals surface area contributed by atoms with Gasteiger partial charge in [-0.15, -0.1) is 0 Å². The summed E-state index contributed by atoms with van der Waals surface area (Å²) in [6, 6.07) is 11.3. The summed E-state index contributed by atoms with van der Waals surface area (Å²) < 4.78 is 0. The highest BCUT2D eigenvalue weighted by Gasteiger charge is 2.29. The molecule has 2 nitrogen and oxygen atoms in total. The van der Waals surface area contributed by atoms with Crippen LogP contribution < -0.4 is 0 Å². The van der Waals surface area contributed by atoms with Gasteiger partial charge in [-0.25, -0.2) is 0 Å². The molecule has 0 spiro atoms. The molecule has 0 radical (unpaired) electrons. The zero-order chi connectivity index (χ0) is 12.6. The molecule has 88 valence electrons. The lowest BCUT2D eigenvalue weighted by molar-refractivity contribution is -0.142. The Kier molecular flexibility index (Phi) is 2.84. The molecule has 0 saturated carbocycles. The molecule has 0 heterocycles. The van der Waals surface area contributed by atoms with Gasteiger partial charge in [0, 0.05) is 5.02 Å². The number of carbonyl (C=O) groups is 1. The number of rotatable bonds is 2. The first-order chi connectivity index (χ1) is 7.91. The summed E-state index contributed by atoms with van der Waals surface area (Å²) in [5.74, 6) is -0.834. The molecule has 0 aliphatic heterocycles. The van der Waals surface area contributed by atoms with Gasteiger partial charge < -0.3 is 5.11 Å². The molecule has 0 aliphatic carbocycles. The van der Waals surface area contributed by atoms with Crippen molar-refractivity contribution in [1.82, 2.24) is 0 Å². The Morgan fingerprint density at radius 1 is 1.12 bits per heavy atom. The van der Waals surface area contributed by atoms with Crippen molar-refractivity contribution in [2.75, 3.05) is 0 Å². The highest BCUT2D eigenvalue weighted by molar-refractivity contribution is 6.31. The molecule has 17 heavy (non-hydrogen) atoms.